The Kier molecular flexibility index (Phi) is 3.56. The maximum Gasteiger partial charge on any atom is 0.0799 e. The van der Waals surface area contributed by atoms with E-state index in [1.54, 1.807) is 12.1 Å². The second-order valence-electron chi connectivity index (χ2n) is 1.38. The van der Waals surface area contributed by atoms with Crippen molar-refractivity contribution in [3.63, 3.8) is 0 Å². The molecule has 0 aliphatic rings. The minimum Gasteiger partial charge on any atom is -0.391 e. The first-order valence-electron chi connectivity index (χ1n) is 2.23. The highest BCUT2D eigenvalue weighted by Crippen LogP contribution is 1.92. The average molecular weight is 111 g/mol. The van der Waals surface area contributed by atoms with Gasteiger partial charge in [0, 0.05) is 0 Å². The molecule has 0 fully saturated rings. The minimum absolute atomic E-state index is 0.0492. The second kappa shape index (κ2) is 4.11. The third kappa shape index (κ3) is 3.14. The van der Waals surface area contributed by atoms with Gasteiger partial charge in [-0.15, -0.1) is 0 Å². The third-order valence-electron chi connectivity index (χ3n) is 0.654. The molecule has 0 aromatic carbocycles. The van der Waals surface area contributed by atoms with E-state index in [9.17, 15) is 0 Å². The fourth-order valence-corrected chi connectivity index (χ4v) is 0.283. The van der Waals surface area contributed by atoms with Gasteiger partial charge in [0.1, 0.15) is 0 Å². The molecule has 0 saturated heterocycles. The predicted octanol–water partition coefficient (Wildman–Crippen LogP) is 0.175. The van der Waals surface area contributed by atoms with Crippen molar-refractivity contribution in [3.8, 4) is 12.1 Å². The molecule has 0 unspecified atom stereocenters. The van der Waals surface area contributed by atoms with Crippen molar-refractivity contribution in [1.29, 1.82) is 10.5 Å². The van der Waals surface area contributed by atoms with Crippen molar-refractivity contribution in [2.75, 3.05) is 0 Å². The molecule has 0 aliphatic carbocycles. The van der Waals surface area contributed by atoms with Crippen LogP contribution in [0.25, 0.3) is 0 Å². The molecular weight excluding hydrogens is 105 g/mol. The highest BCUT2D eigenvalue weighted by atomic mass is 16.3. The van der Waals surface area contributed by atoms with E-state index in [2.05, 4.69) is 0 Å². The van der Waals surface area contributed by atoms with E-state index in [0.29, 0.717) is 0 Å². The molecule has 0 heterocycles. The Balaban J connectivity index is 3.25. The van der Waals surface area contributed by atoms with E-state index < -0.39 is 6.10 Å². The molecule has 8 heavy (non-hydrogen) atoms. The second-order valence-corrected chi connectivity index (χ2v) is 1.38. The summed E-state index contributed by atoms with van der Waals surface area (Å²) in [6, 6.07) is 3.50. The fourth-order valence-electron chi connectivity index (χ4n) is 0.283. The van der Waals surface area contributed by atoms with E-state index in [1.165, 1.54) is 0 Å². The van der Waals surface area contributed by atoms with Crippen molar-refractivity contribution < 1.29 is 5.11 Å². The summed E-state index contributed by atoms with van der Waals surface area (Å²) in [6.07, 6.45) is -0.661. The summed E-state index contributed by atoms with van der Waals surface area (Å²) in [5, 5.41) is 24.5. The zero-order chi connectivity index (χ0) is 6.41. The molecule has 0 rings (SSSR count). The van der Waals surface area contributed by atoms with Crippen LogP contribution in [-0.2, 0) is 0 Å². The average Bonchev–Trinajstić information content (AvgIpc) is 1.68. The molecule has 1 atom stereocenters. The molecule has 3 heteroatoms. The quantitative estimate of drug-likeness (QED) is 0.516. The lowest BCUT2D eigenvalue weighted by Crippen LogP contribution is -2.02. The third-order valence-corrected chi connectivity index (χ3v) is 0.654. The molecule has 0 radical (unpaired) electrons. The van der Waals surface area contributed by atoms with E-state index in [4.69, 9.17) is 15.6 Å². The molecule has 0 aliphatic heterocycles. The Morgan fingerprint density at radius 3 is 1.88 bits per heavy atom. The summed E-state index contributed by atoms with van der Waals surface area (Å²) in [4.78, 5) is 0. The molecule has 42 valence electrons. The van der Waals surface area contributed by atoms with Gasteiger partial charge in [0.15, 0.2) is 0 Å². The summed E-state index contributed by atoms with van der Waals surface area (Å²) in [7, 11) is 0. The number of rotatable bonds is 2. The monoisotopic (exact) mass is 111 g/mol. The van der Waals surface area contributed by atoms with Gasteiger partial charge in [0.05, 0.1) is 31.1 Å². The van der Waals surface area contributed by atoms with E-state index >= 15 is 0 Å². The molecule has 0 saturated carbocycles. The Bertz CT molecular complexity index is 114. The van der Waals surface area contributed by atoms with Crippen LogP contribution in [0.5, 0.6) is 0 Å². The number of nitriles is 2. The summed E-state index contributed by atoms with van der Waals surface area (Å²) in [6.45, 7) is 0. The molecular formula is C5H6N2O. The van der Waals surface area contributed by atoms with Gasteiger partial charge in [-0.2, -0.15) is 10.5 Å². The smallest absolute Gasteiger partial charge is 0.0799 e. The number of hydrogen-bond acceptors (Lipinski definition) is 3. The summed E-state index contributed by atoms with van der Waals surface area (Å²) in [5.74, 6) is 0. The van der Waals surface area contributed by atoms with Crippen LogP contribution in [-0.4, -0.2) is 11.2 Å². The van der Waals surface area contributed by atoms with Crippen molar-refractivity contribution >= 4 is 0 Å². The Labute approximate surface area is 47.8 Å². The molecule has 0 aromatic rings. The number of aliphatic hydroxyl groups excluding tert-OH is 1. The van der Waals surface area contributed by atoms with Crippen molar-refractivity contribution in [3.05, 3.63) is 0 Å². The first-order valence-corrected chi connectivity index (χ1v) is 2.23. The first kappa shape index (κ1) is 6.94. The molecule has 3 nitrogen and oxygen atoms in total. The van der Waals surface area contributed by atoms with E-state index in [1.807, 2.05) is 0 Å². The minimum atomic E-state index is -0.759. The topological polar surface area (TPSA) is 67.8 Å². The van der Waals surface area contributed by atoms with Gasteiger partial charge < -0.3 is 5.11 Å². The van der Waals surface area contributed by atoms with Crippen molar-refractivity contribution in [2.45, 2.75) is 18.9 Å². The molecule has 0 aromatic heterocycles. The molecule has 0 amide bonds. The Morgan fingerprint density at radius 2 is 1.62 bits per heavy atom. The van der Waals surface area contributed by atoms with Crippen LogP contribution in [0.15, 0.2) is 0 Å². The highest BCUT2D eigenvalue weighted by molar-refractivity contribution is 4.82. The van der Waals surface area contributed by atoms with Crippen LogP contribution in [0.1, 0.15) is 12.8 Å². The van der Waals surface area contributed by atoms with Crippen LogP contribution in [0.3, 0.4) is 0 Å². The standard InChI is InChI=1S/C5H6N2O/c6-3-1-5(8)2-4-7/h5,8H,1-2H2/i6+1/t5-/m0/s1. The maximum atomic E-state index is 8.60. The summed E-state index contributed by atoms with van der Waals surface area (Å²) < 4.78 is 0. The SMILES string of the molecule is N#CC[C@@H](O)CC#[15N]. The zero-order valence-corrected chi connectivity index (χ0v) is 4.33. The van der Waals surface area contributed by atoms with Gasteiger partial charge in [0.2, 0.25) is 0 Å². The van der Waals surface area contributed by atoms with Crippen LogP contribution in [0.4, 0.5) is 0 Å². The van der Waals surface area contributed by atoms with Crippen LogP contribution in [0.2, 0.25) is 0 Å². The maximum absolute atomic E-state index is 8.60. The molecule has 1 N–H and O–H groups in total. The highest BCUT2D eigenvalue weighted by Gasteiger charge is 1.98. The number of hydrogen-bond donors (Lipinski definition) is 1. The van der Waals surface area contributed by atoms with Gasteiger partial charge in [-0.3, -0.25) is 0 Å². The van der Waals surface area contributed by atoms with Gasteiger partial charge in [-0.25, -0.2) is 0 Å². The normalized spacial score (nSPS) is 11.4. The van der Waals surface area contributed by atoms with Gasteiger partial charge in [0.25, 0.3) is 0 Å². The number of nitrogens with zero attached hydrogens (tertiary/aromatic N) is 2. The first-order chi connectivity index (χ1) is 3.81. The van der Waals surface area contributed by atoms with Gasteiger partial charge in [-0.05, 0) is 0 Å². The molecule has 0 bridgehead atoms. The molecule has 0 spiro atoms. The van der Waals surface area contributed by atoms with E-state index in [-0.39, 0.29) is 12.8 Å². The van der Waals surface area contributed by atoms with Gasteiger partial charge in [-0.1, -0.05) is 0 Å². The number of aliphatic hydroxyl groups is 1. The van der Waals surface area contributed by atoms with Gasteiger partial charge >= 0.3 is 0 Å². The van der Waals surface area contributed by atoms with E-state index in [0.717, 1.165) is 0 Å². The van der Waals surface area contributed by atoms with Crippen molar-refractivity contribution in [2.24, 2.45) is 0 Å². The largest absolute Gasteiger partial charge is 0.391 e. The Morgan fingerprint density at radius 1 is 1.25 bits per heavy atom. The van der Waals surface area contributed by atoms with Crippen molar-refractivity contribution in [1.82, 2.24) is 0 Å². The lowest BCUT2D eigenvalue weighted by molar-refractivity contribution is 0.185. The Hall–Kier alpha value is -1.06. The summed E-state index contributed by atoms with van der Waals surface area (Å²) >= 11 is 0. The van der Waals surface area contributed by atoms with Crippen LogP contribution in [0, 0.1) is 22.7 Å². The lowest BCUT2D eigenvalue weighted by atomic mass is 10.2. The zero-order valence-electron chi connectivity index (χ0n) is 4.33. The van der Waals surface area contributed by atoms with Crippen LogP contribution < -0.4 is 0 Å². The lowest BCUT2D eigenvalue weighted by Gasteiger charge is -1.94. The summed E-state index contributed by atoms with van der Waals surface area (Å²) in [5.41, 5.74) is 0. The fraction of sp³-hybridized carbons (Fsp3) is 0.600. The van der Waals surface area contributed by atoms with Crippen LogP contribution >= 0.6 is 0 Å². The predicted molar refractivity (Wildman–Crippen MR) is 26.5 cm³/mol.